The number of allylic oxidation sites excluding steroid dienone is 2. The van der Waals surface area contributed by atoms with Gasteiger partial charge < -0.3 is 9.73 Å². The molecule has 1 aliphatic heterocycles. The number of nitrogens with one attached hydrogen (secondary N) is 1. The summed E-state index contributed by atoms with van der Waals surface area (Å²) in [6, 6.07) is 14.6. The number of nitrogens with zero attached hydrogens (tertiary/aromatic N) is 2. The fourth-order valence-electron chi connectivity index (χ4n) is 4.06. The number of anilines is 1. The molecule has 2 aromatic carbocycles. The Morgan fingerprint density at radius 2 is 1.67 bits per heavy atom. The van der Waals surface area contributed by atoms with E-state index < -0.39 is 5.91 Å². The lowest BCUT2D eigenvalue weighted by molar-refractivity contribution is -0.142. The molecule has 2 heterocycles. The van der Waals surface area contributed by atoms with Crippen molar-refractivity contribution in [1.29, 1.82) is 0 Å². The molecule has 3 aromatic rings. The standard InChI is InChI=1S/C23H19N3O4/c27-20(13-26-22(28)16-5-1-2-6-17(16)23(26)29)24-15-11-9-14(10-12-15)21-25-18-7-3-4-8-19(18)30-21/h1-4,7-12,16-17H,5-6,13H2,(H,24,27). The van der Waals surface area contributed by atoms with Crippen LogP contribution in [0, 0.1) is 11.8 Å². The Labute approximate surface area is 172 Å². The molecule has 1 aliphatic carbocycles. The molecular formula is C23H19N3O4. The van der Waals surface area contributed by atoms with Gasteiger partial charge in [-0.1, -0.05) is 24.3 Å². The van der Waals surface area contributed by atoms with E-state index in [4.69, 9.17) is 4.42 Å². The lowest BCUT2D eigenvalue weighted by atomic mass is 9.85. The highest BCUT2D eigenvalue weighted by Gasteiger charge is 2.47. The summed E-state index contributed by atoms with van der Waals surface area (Å²) < 4.78 is 5.75. The van der Waals surface area contributed by atoms with Gasteiger partial charge >= 0.3 is 0 Å². The predicted octanol–water partition coefficient (Wildman–Crippen LogP) is 3.38. The van der Waals surface area contributed by atoms with Crippen LogP contribution < -0.4 is 5.32 Å². The SMILES string of the molecule is O=C(CN1C(=O)C2CC=CCC2C1=O)Nc1ccc(-c2nc3ccccc3o2)cc1. The van der Waals surface area contributed by atoms with Crippen LogP contribution in [0.4, 0.5) is 5.69 Å². The Hall–Kier alpha value is -3.74. The van der Waals surface area contributed by atoms with Crippen LogP contribution in [0.5, 0.6) is 0 Å². The number of benzene rings is 2. The fourth-order valence-corrected chi connectivity index (χ4v) is 4.06. The van der Waals surface area contributed by atoms with Crippen LogP contribution in [0.1, 0.15) is 12.8 Å². The molecule has 30 heavy (non-hydrogen) atoms. The van der Waals surface area contributed by atoms with Gasteiger partial charge in [0.15, 0.2) is 5.58 Å². The van der Waals surface area contributed by atoms with E-state index in [1.54, 1.807) is 24.3 Å². The van der Waals surface area contributed by atoms with E-state index in [1.165, 1.54) is 0 Å². The van der Waals surface area contributed by atoms with E-state index in [-0.39, 0.29) is 30.2 Å². The number of aromatic nitrogens is 1. The molecule has 0 radical (unpaired) electrons. The minimum atomic E-state index is -0.405. The van der Waals surface area contributed by atoms with Crippen molar-refractivity contribution in [2.45, 2.75) is 12.8 Å². The zero-order chi connectivity index (χ0) is 20.7. The molecule has 5 rings (SSSR count). The lowest BCUT2D eigenvalue weighted by Crippen LogP contribution is -2.38. The molecule has 2 unspecified atom stereocenters. The molecule has 150 valence electrons. The van der Waals surface area contributed by atoms with Crippen LogP contribution >= 0.6 is 0 Å². The normalized spacial score (nSPS) is 20.6. The van der Waals surface area contributed by atoms with Crippen LogP contribution in [0.2, 0.25) is 0 Å². The average molecular weight is 401 g/mol. The maximum absolute atomic E-state index is 12.5. The molecule has 0 spiro atoms. The Morgan fingerprint density at radius 3 is 2.33 bits per heavy atom. The number of hydrogen-bond donors (Lipinski definition) is 1. The summed E-state index contributed by atoms with van der Waals surface area (Å²) in [6.45, 7) is -0.266. The number of carbonyl (C=O) groups is 3. The van der Waals surface area contributed by atoms with Crippen molar-refractivity contribution in [3.8, 4) is 11.5 Å². The lowest BCUT2D eigenvalue weighted by Gasteiger charge is -2.14. The van der Waals surface area contributed by atoms with E-state index in [2.05, 4.69) is 10.3 Å². The van der Waals surface area contributed by atoms with Crippen LogP contribution in [0.15, 0.2) is 65.1 Å². The molecule has 1 fully saturated rings. The number of carbonyl (C=O) groups excluding carboxylic acids is 3. The second kappa shape index (κ2) is 7.26. The van der Waals surface area contributed by atoms with Crippen molar-refractivity contribution in [3.05, 3.63) is 60.7 Å². The van der Waals surface area contributed by atoms with E-state index in [9.17, 15) is 14.4 Å². The first-order valence-corrected chi connectivity index (χ1v) is 9.86. The monoisotopic (exact) mass is 401 g/mol. The van der Waals surface area contributed by atoms with Crippen molar-refractivity contribution in [2.24, 2.45) is 11.8 Å². The number of amides is 3. The third-order valence-corrected chi connectivity index (χ3v) is 5.61. The van der Waals surface area contributed by atoms with Crippen molar-refractivity contribution < 1.29 is 18.8 Å². The first-order valence-electron chi connectivity index (χ1n) is 9.86. The van der Waals surface area contributed by atoms with E-state index in [0.717, 1.165) is 16.0 Å². The second-order valence-electron chi connectivity index (χ2n) is 7.53. The fraction of sp³-hybridized carbons (Fsp3) is 0.217. The van der Waals surface area contributed by atoms with Crippen molar-refractivity contribution in [3.63, 3.8) is 0 Å². The van der Waals surface area contributed by atoms with E-state index in [1.807, 2.05) is 36.4 Å². The number of imide groups is 1. The Bertz CT molecular complexity index is 1120. The average Bonchev–Trinajstić information content (AvgIpc) is 3.30. The van der Waals surface area contributed by atoms with Gasteiger partial charge in [-0.05, 0) is 49.2 Å². The molecule has 3 amide bonds. The summed E-state index contributed by atoms with van der Waals surface area (Å²) in [5.74, 6) is -1.07. The van der Waals surface area contributed by atoms with Crippen LogP contribution in [0.25, 0.3) is 22.6 Å². The summed E-state index contributed by atoms with van der Waals surface area (Å²) in [5, 5.41) is 2.74. The summed E-state index contributed by atoms with van der Waals surface area (Å²) in [6.07, 6.45) is 4.97. The number of oxazole rings is 1. The third kappa shape index (κ3) is 3.18. The molecule has 7 nitrogen and oxygen atoms in total. The maximum atomic E-state index is 12.5. The van der Waals surface area contributed by atoms with Gasteiger partial charge in [-0.3, -0.25) is 19.3 Å². The number of likely N-dealkylation sites (tertiary alicyclic amines) is 1. The van der Waals surface area contributed by atoms with Crippen molar-refractivity contribution >= 4 is 34.5 Å². The number of fused-ring (bicyclic) bond motifs is 2. The molecule has 0 bridgehead atoms. The highest BCUT2D eigenvalue weighted by molar-refractivity contribution is 6.08. The zero-order valence-corrected chi connectivity index (χ0v) is 16.1. The zero-order valence-electron chi connectivity index (χ0n) is 16.1. The highest BCUT2D eigenvalue weighted by Crippen LogP contribution is 2.35. The Kier molecular flexibility index (Phi) is 4.43. The second-order valence-corrected chi connectivity index (χ2v) is 7.53. The van der Waals surface area contributed by atoms with E-state index >= 15 is 0 Å². The maximum Gasteiger partial charge on any atom is 0.244 e. The summed E-state index contributed by atoms with van der Waals surface area (Å²) in [5.41, 5.74) is 2.84. The third-order valence-electron chi connectivity index (χ3n) is 5.61. The minimum absolute atomic E-state index is 0.254. The van der Waals surface area contributed by atoms with Crippen LogP contribution in [-0.4, -0.2) is 34.2 Å². The van der Waals surface area contributed by atoms with Crippen molar-refractivity contribution in [2.75, 3.05) is 11.9 Å². The van der Waals surface area contributed by atoms with Gasteiger partial charge in [0.05, 0.1) is 11.8 Å². The molecule has 1 N–H and O–H groups in total. The first-order chi connectivity index (χ1) is 14.6. The molecule has 2 aliphatic rings. The van der Waals surface area contributed by atoms with Gasteiger partial charge in [0.25, 0.3) is 0 Å². The number of hydrogen-bond acceptors (Lipinski definition) is 5. The minimum Gasteiger partial charge on any atom is -0.436 e. The van der Waals surface area contributed by atoms with Gasteiger partial charge in [0, 0.05) is 11.3 Å². The molecule has 1 aromatic heterocycles. The van der Waals surface area contributed by atoms with E-state index in [0.29, 0.717) is 30.0 Å². The summed E-state index contributed by atoms with van der Waals surface area (Å²) >= 11 is 0. The summed E-state index contributed by atoms with van der Waals surface area (Å²) in [4.78, 5) is 42.9. The Morgan fingerprint density at radius 1 is 1.00 bits per heavy atom. The largest absolute Gasteiger partial charge is 0.436 e. The number of para-hydroxylation sites is 2. The highest BCUT2D eigenvalue weighted by atomic mass is 16.3. The topological polar surface area (TPSA) is 92.5 Å². The van der Waals surface area contributed by atoms with Gasteiger partial charge in [0.1, 0.15) is 12.1 Å². The van der Waals surface area contributed by atoms with Gasteiger partial charge in [-0.2, -0.15) is 0 Å². The quantitative estimate of drug-likeness (QED) is 0.534. The molecule has 1 saturated heterocycles. The predicted molar refractivity (Wildman–Crippen MR) is 110 cm³/mol. The van der Waals surface area contributed by atoms with Crippen molar-refractivity contribution in [1.82, 2.24) is 9.88 Å². The molecule has 2 atom stereocenters. The summed E-state index contributed by atoms with van der Waals surface area (Å²) in [7, 11) is 0. The van der Waals surface area contributed by atoms with Crippen LogP contribution in [-0.2, 0) is 14.4 Å². The van der Waals surface area contributed by atoms with Gasteiger partial charge in [-0.15, -0.1) is 0 Å². The van der Waals surface area contributed by atoms with Crippen LogP contribution in [0.3, 0.4) is 0 Å². The smallest absolute Gasteiger partial charge is 0.244 e. The van der Waals surface area contributed by atoms with Gasteiger partial charge in [-0.25, -0.2) is 4.98 Å². The molecule has 0 saturated carbocycles. The molecular weight excluding hydrogens is 382 g/mol. The van der Waals surface area contributed by atoms with Gasteiger partial charge in [0.2, 0.25) is 23.6 Å². The molecule has 7 heteroatoms. The first kappa shape index (κ1) is 18.3. The number of rotatable bonds is 4. The Balaban J connectivity index is 1.25.